The molecule has 1 unspecified atom stereocenters. The number of nitrogens with one attached hydrogen (secondary N) is 1. The summed E-state index contributed by atoms with van der Waals surface area (Å²) in [4.78, 5) is 12.9. The van der Waals surface area contributed by atoms with Gasteiger partial charge in [-0.1, -0.05) is 12.1 Å². The van der Waals surface area contributed by atoms with Gasteiger partial charge < -0.3 is 10.2 Å². The number of non-ortho nitro benzene ring substituents is 1. The molecule has 1 saturated heterocycles. The van der Waals surface area contributed by atoms with E-state index in [1.807, 2.05) is 12.1 Å². The van der Waals surface area contributed by atoms with Gasteiger partial charge in [0.05, 0.1) is 4.92 Å². The molecule has 0 aromatic heterocycles. The molecular weight excluding hydrogens is 266 g/mol. The molecule has 0 bridgehead atoms. The normalized spacial score (nSPS) is 22.6. The second-order valence-electron chi connectivity index (χ2n) is 6.26. The lowest BCUT2D eigenvalue weighted by molar-refractivity contribution is -0.384. The molecule has 1 N–H and O–H groups in total. The Morgan fingerprint density at radius 1 is 1.24 bits per heavy atom. The van der Waals surface area contributed by atoms with Gasteiger partial charge in [-0.3, -0.25) is 10.1 Å². The fourth-order valence-corrected chi connectivity index (χ4v) is 3.12. The summed E-state index contributed by atoms with van der Waals surface area (Å²) in [6.07, 6.45) is 5.05. The molecule has 5 nitrogen and oxygen atoms in total. The SMILES string of the molecule is O=[N+]([O-])c1ccc(CCNCC2CCN(C3CC3)C2)cc1. The third-order valence-electron chi connectivity index (χ3n) is 4.55. The molecular formula is C16H23N3O2. The van der Waals surface area contributed by atoms with Crippen LogP contribution in [0.15, 0.2) is 24.3 Å². The van der Waals surface area contributed by atoms with Gasteiger partial charge in [0.25, 0.3) is 5.69 Å². The van der Waals surface area contributed by atoms with Crippen molar-refractivity contribution in [2.45, 2.75) is 31.7 Å². The Morgan fingerprint density at radius 3 is 2.67 bits per heavy atom. The summed E-state index contributed by atoms with van der Waals surface area (Å²) in [5.74, 6) is 0.794. The Hall–Kier alpha value is -1.46. The van der Waals surface area contributed by atoms with Crippen molar-refractivity contribution in [3.8, 4) is 0 Å². The van der Waals surface area contributed by atoms with Gasteiger partial charge in [0, 0.05) is 24.7 Å². The van der Waals surface area contributed by atoms with Gasteiger partial charge in [-0.2, -0.15) is 0 Å². The molecule has 2 aliphatic rings. The van der Waals surface area contributed by atoms with E-state index in [1.54, 1.807) is 12.1 Å². The van der Waals surface area contributed by atoms with Gasteiger partial charge in [0.2, 0.25) is 0 Å². The maximum Gasteiger partial charge on any atom is 0.269 e. The summed E-state index contributed by atoms with van der Waals surface area (Å²) >= 11 is 0. The van der Waals surface area contributed by atoms with Gasteiger partial charge in [-0.05, 0) is 56.8 Å². The lowest BCUT2D eigenvalue weighted by atomic mass is 10.1. The molecule has 0 spiro atoms. The molecule has 1 aliphatic carbocycles. The molecule has 21 heavy (non-hydrogen) atoms. The van der Waals surface area contributed by atoms with E-state index >= 15 is 0 Å². The van der Waals surface area contributed by atoms with E-state index in [4.69, 9.17) is 0 Å². The molecule has 2 fully saturated rings. The van der Waals surface area contributed by atoms with Crippen LogP contribution in [-0.2, 0) is 6.42 Å². The summed E-state index contributed by atoms with van der Waals surface area (Å²) in [6.45, 7) is 4.57. The molecule has 1 heterocycles. The topological polar surface area (TPSA) is 58.4 Å². The fourth-order valence-electron chi connectivity index (χ4n) is 3.12. The third-order valence-corrected chi connectivity index (χ3v) is 4.55. The van der Waals surface area contributed by atoms with Crippen molar-refractivity contribution >= 4 is 5.69 Å². The number of nitrogens with zero attached hydrogens (tertiary/aromatic N) is 2. The second kappa shape index (κ2) is 6.54. The molecule has 5 heteroatoms. The monoisotopic (exact) mass is 289 g/mol. The lowest BCUT2D eigenvalue weighted by Gasteiger charge is -2.15. The number of nitro benzene ring substituents is 1. The maximum absolute atomic E-state index is 10.6. The summed E-state index contributed by atoms with van der Waals surface area (Å²) in [6, 6.07) is 7.77. The van der Waals surface area contributed by atoms with Crippen molar-refractivity contribution in [2.24, 2.45) is 5.92 Å². The van der Waals surface area contributed by atoms with E-state index in [0.717, 1.165) is 37.0 Å². The molecule has 3 rings (SSSR count). The minimum absolute atomic E-state index is 0.165. The Labute approximate surface area is 125 Å². The highest BCUT2D eigenvalue weighted by atomic mass is 16.6. The molecule has 0 amide bonds. The van der Waals surface area contributed by atoms with E-state index < -0.39 is 0 Å². The molecule has 1 saturated carbocycles. The molecule has 1 aliphatic heterocycles. The number of nitro groups is 1. The Bertz CT molecular complexity index is 485. The fraction of sp³-hybridized carbons (Fsp3) is 0.625. The summed E-state index contributed by atoms with van der Waals surface area (Å²) < 4.78 is 0. The highest BCUT2D eigenvalue weighted by Crippen LogP contribution is 2.31. The van der Waals surface area contributed by atoms with Gasteiger partial charge in [0.15, 0.2) is 0 Å². The van der Waals surface area contributed by atoms with E-state index in [0.29, 0.717) is 0 Å². The Kier molecular flexibility index (Phi) is 4.51. The van der Waals surface area contributed by atoms with Crippen LogP contribution in [0.2, 0.25) is 0 Å². The summed E-state index contributed by atoms with van der Waals surface area (Å²) in [5.41, 5.74) is 1.32. The predicted octanol–water partition coefficient (Wildman–Crippen LogP) is 2.21. The van der Waals surface area contributed by atoms with Crippen LogP contribution >= 0.6 is 0 Å². The van der Waals surface area contributed by atoms with Crippen molar-refractivity contribution < 1.29 is 4.92 Å². The number of hydrogen-bond acceptors (Lipinski definition) is 4. The van der Waals surface area contributed by atoms with Crippen LogP contribution in [-0.4, -0.2) is 42.0 Å². The molecule has 1 aromatic rings. The van der Waals surface area contributed by atoms with Crippen LogP contribution in [0.4, 0.5) is 5.69 Å². The number of benzene rings is 1. The van der Waals surface area contributed by atoms with Crippen LogP contribution in [0.25, 0.3) is 0 Å². The van der Waals surface area contributed by atoms with Gasteiger partial charge >= 0.3 is 0 Å². The minimum Gasteiger partial charge on any atom is -0.316 e. The average Bonchev–Trinajstić information content (AvgIpc) is 3.24. The summed E-state index contributed by atoms with van der Waals surface area (Å²) in [7, 11) is 0. The minimum atomic E-state index is -0.353. The zero-order valence-corrected chi connectivity index (χ0v) is 12.3. The second-order valence-corrected chi connectivity index (χ2v) is 6.26. The maximum atomic E-state index is 10.6. The molecule has 1 aromatic carbocycles. The van der Waals surface area contributed by atoms with Crippen LogP contribution in [0.3, 0.4) is 0 Å². The highest BCUT2D eigenvalue weighted by Gasteiger charge is 2.33. The average molecular weight is 289 g/mol. The number of likely N-dealkylation sites (tertiary alicyclic amines) is 1. The van der Waals surface area contributed by atoms with Crippen LogP contribution < -0.4 is 5.32 Å². The van der Waals surface area contributed by atoms with E-state index in [1.165, 1.54) is 32.4 Å². The smallest absolute Gasteiger partial charge is 0.269 e. The molecule has 1 atom stereocenters. The van der Waals surface area contributed by atoms with E-state index in [2.05, 4.69) is 10.2 Å². The molecule has 0 radical (unpaired) electrons. The van der Waals surface area contributed by atoms with Crippen molar-refractivity contribution in [1.29, 1.82) is 0 Å². The van der Waals surface area contributed by atoms with Crippen molar-refractivity contribution in [3.63, 3.8) is 0 Å². The highest BCUT2D eigenvalue weighted by molar-refractivity contribution is 5.32. The van der Waals surface area contributed by atoms with Crippen LogP contribution in [0, 0.1) is 16.0 Å². The van der Waals surface area contributed by atoms with Crippen molar-refractivity contribution in [2.75, 3.05) is 26.2 Å². The van der Waals surface area contributed by atoms with Gasteiger partial charge in [-0.25, -0.2) is 0 Å². The number of hydrogen-bond donors (Lipinski definition) is 1. The van der Waals surface area contributed by atoms with Crippen LogP contribution in [0.5, 0.6) is 0 Å². The summed E-state index contributed by atoms with van der Waals surface area (Å²) in [5, 5.41) is 14.1. The zero-order valence-electron chi connectivity index (χ0n) is 12.3. The van der Waals surface area contributed by atoms with E-state index in [9.17, 15) is 10.1 Å². The predicted molar refractivity (Wildman–Crippen MR) is 82.4 cm³/mol. The first kappa shape index (κ1) is 14.5. The zero-order chi connectivity index (χ0) is 14.7. The standard InChI is InChI=1S/C16H23N3O2/c20-19(21)16-3-1-13(2-4-16)7-9-17-11-14-8-10-18(12-14)15-5-6-15/h1-4,14-15,17H,5-12H2. The van der Waals surface area contributed by atoms with E-state index in [-0.39, 0.29) is 10.6 Å². The molecule has 114 valence electrons. The van der Waals surface area contributed by atoms with Gasteiger partial charge in [0.1, 0.15) is 0 Å². The first-order valence-electron chi connectivity index (χ1n) is 7.90. The third kappa shape index (κ3) is 4.02. The van der Waals surface area contributed by atoms with Crippen molar-refractivity contribution in [1.82, 2.24) is 10.2 Å². The lowest BCUT2D eigenvalue weighted by Crippen LogP contribution is -2.28. The first-order valence-corrected chi connectivity index (χ1v) is 7.90. The van der Waals surface area contributed by atoms with Crippen LogP contribution in [0.1, 0.15) is 24.8 Å². The number of rotatable bonds is 7. The Balaban J connectivity index is 1.33. The largest absolute Gasteiger partial charge is 0.316 e. The van der Waals surface area contributed by atoms with Gasteiger partial charge in [-0.15, -0.1) is 0 Å². The Morgan fingerprint density at radius 2 is 2.00 bits per heavy atom. The first-order chi connectivity index (χ1) is 10.2. The van der Waals surface area contributed by atoms with Crippen molar-refractivity contribution in [3.05, 3.63) is 39.9 Å². The quantitative estimate of drug-likeness (QED) is 0.475.